The van der Waals surface area contributed by atoms with Gasteiger partial charge in [0, 0.05) is 61.7 Å². The van der Waals surface area contributed by atoms with Gasteiger partial charge in [-0.25, -0.2) is 0 Å². The first-order valence-corrected chi connectivity index (χ1v) is 35.0. The lowest BCUT2D eigenvalue weighted by Gasteiger charge is -2.60. The van der Waals surface area contributed by atoms with Crippen LogP contribution in [0.3, 0.4) is 0 Å². The second-order valence-electron chi connectivity index (χ2n) is 29.3. The topological polar surface area (TPSA) is 9.72 Å². The van der Waals surface area contributed by atoms with Gasteiger partial charge in [0.2, 0.25) is 0 Å². The monoisotopic (exact) mass is 1140 g/mol. The molecule has 8 unspecified atom stereocenters. The van der Waals surface area contributed by atoms with Crippen molar-refractivity contribution in [3.8, 4) is 11.1 Å². The number of hydrogen-bond donors (Lipinski definition) is 0. The van der Waals surface area contributed by atoms with Crippen molar-refractivity contribution in [3.63, 3.8) is 0 Å². The molecule has 0 saturated heterocycles. The zero-order chi connectivity index (χ0) is 57.9. The second kappa shape index (κ2) is 17.8. The summed E-state index contributed by atoms with van der Waals surface area (Å²) >= 11 is 0. The Bertz CT molecular complexity index is 4470. The quantitative estimate of drug-likeness (QED) is 0.111. The molecule has 19 rings (SSSR count). The molecule has 10 aliphatic rings. The van der Waals surface area contributed by atoms with Crippen LogP contribution in [0.4, 0.5) is 45.5 Å². The van der Waals surface area contributed by atoms with Gasteiger partial charge in [0.25, 0.3) is 6.71 Å². The summed E-state index contributed by atoms with van der Waals surface area (Å²) in [5.74, 6) is 3.18. The fourth-order valence-electron chi connectivity index (χ4n) is 20.4. The molecule has 6 aliphatic carbocycles. The highest BCUT2D eigenvalue weighted by molar-refractivity contribution is 7.27. The highest BCUT2D eigenvalue weighted by Gasteiger charge is 2.61. The minimum Gasteiger partial charge on any atom is -0.334 e. The lowest BCUT2D eigenvalue weighted by atomic mass is 9.33. The molecule has 4 aliphatic heterocycles. The minimum absolute atomic E-state index is 0.00289. The number of hydrogen-bond acceptors (Lipinski definition) is 3. The molecule has 0 aromatic heterocycles. The Labute approximate surface area is 515 Å². The van der Waals surface area contributed by atoms with Gasteiger partial charge in [-0.1, -0.05) is 210 Å². The van der Waals surface area contributed by atoms with Crippen LogP contribution in [0.1, 0.15) is 109 Å². The largest absolute Gasteiger partial charge is 0.334 e. The number of nitrogens with zero attached hydrogens (tertiary/aromatic N) is 3. The maximum atomic E-state index is 2.86. The van der Waals surface area contributed by atoms with Crippen molar-refractivity contribution in [3.05, 3.63) is 258 Å². The Kier molecular flexibility index (Phi) is 10.4. The van der Waals surface area contributed by atoms with Crippen LogP contribution in [-0.2, 0) is 16.2 Å². The summed E-state index contributed by atoms with van der Waals surface area (Å²) < 4.78 is 0. The van der Waals surface area contributed by atoms with Crippen molar-refractivity contribution in [2.75, 3.05) is 14.7 Å². The van der Waals surface area contributed by atoms with E-state index in [0.717, 1.165) is 43.4 Å². The van der Waals surface area contributed by atoms with Crippen molar-refractivity contribution in [2.45, 2.75) is 114 Å². The van der Waals surface area contributed by atoms with E-state index < -0.39 is 8.07 Å². The summed E-state index contributed by atoms with van der Waals surface area (Å²) in [5.41, 5.74) is 26.1. The van der Waals surface area contributed by atoms with Crippen LogP contribution in [0.5, 0.6) is 0 Å². The number of fused-ring (bicyclic) bond motifs is 4. The molecule has 87 heavy (non-hydrogen) atoms. The molecule has 424 valence electrons. The van der Waals surface area contributed by atoms with Gasteiger partial charge in [-0.2, -0.15) is 0 Å². The first-order valence-electron chi connectivity index (χ1n) is 33.0. The summed E-state index contributed by atoms with van der Waals surface area (Å²) in [6, 6.07) is 82.3. The fraction of sp³-hybridized carbons (Fsp3) is 0.268. The van der Waals surface area contributed by atoms with E-state index in [1.54, 1.807) is 16.7 Å². The predicted molar refractivity (Wildman–Crippen MR) is 368 cm³/mol. The van der Waals surface area contributed by atoms with Gasteiger partial charge in [0.15, 0.2) is 8.07 Å². The third kappa shape index (κ3) is 6.80. The van der Waals surface area contributed by atoms with Gasteiger partial charge < -0.3 is 14.7 Å². The standard InChI is InChI=1S/C82H74BN3Si/c1-52-41-55-42-57(55)49-79(2,48-52)60-30-34-62(35-31-60)84-69-25-17-27-73-77(69)83-76-71(84)46-64(86-68-38-29-54(53-19-9-6-10-20-53)45-67(68)81(4)39-15-16-40-82(81,86)5)47-72(76)85(63-36-32-61(33-37-63)80(3)50-58-43-56-44-59(51-80)75(56)58)70-26-18-28-74(78(70)83)87(73,65-21-11-7-12-22-65)66-23-13-8-14-24-66/h6-14,17-38,41,45-47,49-50,52,56,59,75H,15-16,39-40,42-44,48,51H2,1-5H3. The van der Waals surface area contributed by atoms with E-state index in [1.165, 1.54) is 143 Å². The molecule has 0 radical (unpaired) electrons. The van der Waals surface area contributed by atoms with Crippen LogP contribution >= 0.6 is 0 Å². The number of anilines is 8. The van der Waals surface area contributed by atoms with Crippen LogP contribution in [0.2, 0.25) is 0 Å². The van der Waals surface area contributed by atoms with Gasteiger partial charge in [-0.05, 0) is 212 Å². The molecule has 0 spiro atoms. The van der Waals surface area contributed by atoms with Crippen LogP contribution in [0.15, 0.2) is 241 Å². The summed E-state index contributed by atoms with van der Waals surface area (Å²) in [6.07, 6.45) is 18.8. The van der Waals surface area contributed by atoms with Crippen molar-refractivity contribution < 1.29 is 0 Å². The second-order valence-corrected chi connectivity index (χ2v) is 33.0. The van der Waals surface area contributed by atoms with Gasteiger partial charge in [0.05, 0.1) is 5.54 Å². The van der Waals surface area contributed by atoms with Crippen molar-refractivity contribution >= 4 is 97.4 Å². The van der Waals surface area contributed by atoms with Gasteiger partial charge in [-0.15, -0.1) is 0 Å². The van der Waals surface area contributed by atoms with E-state index in [0.29, 0.717) is 5.92 Å². The molecule has 9 aromatic carbocycles. The molecule has 5 heteroatoms. The van der Waals surface area contributed by atoms with E-state index in [2.05, 4.69) is 274 Å². The summed E-state index contributed by atoms with van der Waals surface area (Å²) in [7, 11) is -3.04. The Hall–Kier alpha value is -8.12. The molecular weight excluding hydrogens is 1070 g/mol. The lowest BCUT2D eigenvalue weighted by Crippen LogP contribution is -2.88. The average Bonchev–Trinajstić information content (AvgIpc) is 0.741. The molecule has 9 aromatic rings. The molecule has 3 nitrogen and oxygen atoms in total. The Morgan fingerprint density at radius 3 is 1.67 bits per heavy atom. The summed E-state index contributed by atoms with van der Waals surface area (Å²) in [4.78, 5) is 8.34. The number of allylic oxidation sites excluding steroid dienone is 6. The fourth-order valence-corrected chi connectivity index (χ4v) is 25.7. The normalized spacial score (nSPS) is 28.3. The van der Waals surface area contributed by atoms with E-state index in [9.17, 15) is 0 Å². The predicted octanol–water partition coefficient (Wildman–Crippen LogP) is 15.7. The lowest BCUT2D eigenvalue weighted by molar-refractivity contribution is 0.00736. The smallest absolute Gasteiger partial charge is 0.251 e. The first kappa shape index (κ1) is 51.0. The summed E-state index contributed by atoms with van der Waals surface area (Å²) in [5, 5.41) is 5.86. The molecule has 4 saturated carbocycles. The van der Waals surface area contributed by atoms with Crippen molar-refractivity contribution in [2.24, 2.45) is 23.7 Å². The van der Waals surface area contributed by atoms with E-state index >= 15 is 0 Å². The molecule has 0 bridgehead atoms. The van der Waals surface area contributed by atoms with E-state index in [1.807, 2.05) is 0 Å². The minimum atomic E-state index is -3.04. The molecule has 8 atom stereocenters. The maximum Gasteiger partial charge on any atom is 0.251 e. The average molecular weight is 1140 g/mol. The molecule has 0 N–H and O–H groups in total. The van der Waals surface area contributed by atoms with Crippen LogP contribution < -0.4 is 51.8 Å². The van der Waals surface area contributed by atoms with Crippen LogP contribution in [0, 0.1) is 23.7 Å². The Morgan fingerprint density at radius 1 is 0.483 bits per heavy atom. The first-order chi connectivity index (χ1) is 42.4. The maximum absolute atomic E-state index is 3.04. The van der Waals surface area contributed by atoms with Gasteiger partial charge >= 0.3 is 0 Å². The highest BCUT2D eigenvalue weighted by Crippen LogP contribution is 2.65. The van der Waals surface area contributed by atoms with Crippen molar-refractivity contribution in [1.29, 1.82) is 0 Å². The van der Waals surface area contributed by atoms with Crippen LogP contribution in [-0.4, -0.2) is 20.3 Å². The van der Waals surface area contributed by atoms with Gasteiger partial charge in [0.1, 0.15) is 0 Å². The zero-order valence-corrected chi connectivity index (χ0v) is 52.0. The zero-order valence-electron chi connectivity index (χ0n) is 51.0. The highest BCUT2D eigenvalue weighted by atomic mass is 28.3. The Balaban J connectivity index is 0.893. The SMILES string of the molecule is CC1C=C2CC2=CC(C)(c2ccc(N3c4cc(N5c6ccc(-c7ccccc7)cc6C6(C)CCCCC56C)cc5c4B4c6c3cccc6[Si](c3ccccc3)(c3ccccc3)c3cccc(c34)N5c3ccc(C4(C)C=C5CC6CC(C4)C56)cc3)cc2)C1. The Morgan fingerprint density at radius 2 is 1.07 bits per heavy atom. The molecule has 4 heterocycles. The molecule has 0 amide bonds. The van der Waals surface area contributed by atoms with Gasteiger partial charge in [-0.3, -0.25) is 0 Å². The van der Waals surface area contributed by atoms with Crippen LogP contribution in [0.25, 0.3) is 11.1 Å². The number of benzene rings is 9. The molecular formula is C82H74BN3Si. The third-order valence-corrected chi connectivity index (χ3v) is 29.4. The van der Waals surface area contributed by atoms with E-state index in [-0.39, 0.29) is 28.5 Å². The number of rotatable bonds is 8. The molecule has 4 fully saturated rings. The summed E-state index contributed by atoms with van der Waals surface area (Å²) in [6.45, 7) is 12.7. The van der Waals surface area contributed by atoms with E-state index in [4.69, 9.17) is 0 Å². The third-order valence-electron chi connectivity index (χ3n) is 24.5. The van der Waals surface area contributed by atoms with Crippen molar-refractivity contribution in [1.82, 2.24) is 0 Å².